The van der Waals surface area contributed by atoms with E-state index in [1.54, 1.807) is 41.2 Å². The summed E-state index contributed by atoms with van der Waals surface area (Å²) < 4.78 is 12.3. The minimum atomic E-state index is -0.363. The molecule has 0 unspecified atom stereocenters. The molecule has 3 aromatic heterocycles. The van der Waals surface area contributed by atoms with Crippen LogP contribution in [-0.2, 0) is 17.8 Å². The number of fused-ring (bicyclic) bond motifs is 1. The second kappa shape index (κ2) is 12.1. The number of amides is 1. The number of hydrogen-bond acceptors (Lipinski definition) is 8. The van der Waals surface area contributed by atoms with E-state index in [-0.39, 0.29) is 39.2 Å². The normalized spacial score (nSPS) is 10.8. The van der Waals surface area contributed by atoms with Gasteiger partial charge in [-0.05, 0) is 31.2 Å². The Kier molecular flexibility index (Phi) is 8.68. The maximum Gasteiger partial charge on any atom is 0.260 e. The van der Waals surface area contributed by atoms with Crippen LogP contribution in [0.25, 0.3) is 22.2 Å². The molecule has 0 saturated heterocycles. The number of methoxy groups -OCH3 is 2. The molecule has 1 amide bonds. The van der Waals surface area contributed by atoms with Crippen LogP contribution in [0.2, 0.25) is 10.0 Å². The number of nitrogens with zero attached hydrogens (tertiary/aromatic N) is 4. The van der Waals surface area contributed by atoms with Gasteiger partial charge in [0.1, 0.15) is 17.1 Å². The highest BCUT2D eigenvalue weighted by molar-refractivity contribution is 6.41. The fourth-order valence-electron chi connectivity index (χ4n) is 3.98. The number of rotatable bonds is 10. The summed E-state index contributed by atoms with van der Waals surface area (Å²) in [5.41, 5.74) is 1.84. The van der Waals surface area contributed by atoms with Gasteiger partial charge in [-0.3, -0.25) is 19.1 Å². The summed E-state index contributed by atoms with van der Waals surface area (Å²) >= 11 is 13.3. The maximum absolute atomic E-state index is 14.0. The number of carbonyl (C=O) groups is 1. The second-order valence-electron chi connectivity index (χ2n) is 8.28. The van der Waals surface area contributed by atoms with Crippen LogP contribution in [0.4, 0.5) is 11.6 Å². The molecule has 0 saturated carbocycles. The number of aryl methyl sites for hydroxylation is 2. The van der Waals surface area contributed by atoms with E-state index in [4.69, 9.17) is 32.7 Å². The van der Waals surface area contributed by atoms with Gasteiger partial charge in [0.15, 0.2) is 0 Å². The third-order valence-corrected chi connectivity index (χ3v) is 6.62. The molecular weight excluding hydrogens is 543 g/mol. The lowest BCUT2D eigenvalue weighted by Gasteiger charge is -2.17. The number of benzene rings is 1. The zero-order chi connectivity index (χ0) is 28.1. The van der Waals surface area contributed by atoms with Gasteiger partial charge in [0, 0.05) is 48.4 Å². The van der Waals surface area contributed by atoms with Gasteiger partial charge in [0.25, 0.3) is 5.56 Å². The molecule has 12 heteroatoms. The van der Waals surface area contributed by atoms with Crippen LogP contribution in [0.1, 0.15) is 12.6 Å². The van der Waals surface area contributed by atoms with Gasteiger partial charge in [-0.1, -0.05) is 29.8 Å². The van der Waals surface area contributed by atoms with Crippen molar-refractivity contribution >= 4 is 51.8 Å². The highest BCUT2D eigenvalue weighted by atomic mass is 35.5. The molecular formula is C27H26Cl2N6O4. The van der Waals surface area contributed by atoms with Crippen LogP contribution in [-0.4, -0.2) is 46.2 Å². The second-order valence-corrected chi connectivity index (χ2v) is 9.04. The largest absolute Gasteiger partial charge is 0.495 e. The molecule has 3 heterocycles. The number of halogens is 2. The van der Waals surface area contributed by atoms with Gasteiger partial charge in [0.2, 0.25) is 11.9 Å². The van der Waals surface area contributed by atoms with Crippen LogP contribution in [0, 0.1) is 0 Å². The maximum atomic E-state index is 14.0. The topological polar surface area (TPSA) is 120 Å². The quantitative estimate of drug-likeness (QED) is 0.257. The predicted octanol–water partition coefficient (Wildman–Crippen LogP) is 4.98. The van der Waals surface area contributed by atoms with E-state index >= 15 is 0 Å². The fraction of sp³-hybridized carbons (Fsp3) is 0.222. The Labute approximate surface area is 234 Å². The van der Waals surface area contributed by atoms with E-state index in [9.17, 15) is 9.59 Å². The van der Waals surface area contributed by atoms with Crippen LogP contribution < -0.4 is 25.7 Å². The predicted molar refractivity (Wildman–Crippen MR) is 153 cm³/mol. The Morgan fingerprint density at radius 3 is 2.41 bits per heavy atom. The van der Waals surface area contributed by atoms with E-state index in [1.807, 2.05) is 6.92 Å². The van der Waals surface area contributed by atoms with Gasteiger partial charge in [-0.15, -0.1) is 0 Å². The number of nitrogens with one attached hydrogen (secondary N) is 2. The Hall–Kier alpha value is -4.15. The molecule has 0 atom stereocenters. The fourth-order valence-corrected chi connectivity index (χ4v) is 4.68. The van der Waals surface area contributed by atoms with Crippen molar-refractivity contribution in [3.63, 3.8) is 0 Å². The van der Waals surface area contributed by atoms with Gasteiger partial charge < -0.3 is 20.1 Å². The lowest BCUT2D eigenvalue weighted by atomic mass is 10.0. The van der Waals surface area contributed by atoms with Gasteiger partial charge in [-0.2, -0.15) is 4.98 Å². The molecule has 10 nitrogen and oxygen atoms in total. The summed E-state index contributed by atoms with van der Waals surface area (Å²) in [6.45, 7) is 6.22. The third-order valence-electron chi connectivity index (χ3n) is 5.87. The molecule has 1 aromatic carbocycles. The average molecular weight is 569 g/mol. The van der Waals surface area contributed by atoms with Crippen molar-refractivity contribution in [1.29, 1.82) is 0 Å². The number of ether oxygens (including phenoxy) is 2. The highest BCUT2D eigenvalue weighted by Crippen LogP contribution is 2.45. The highest BCUT2D eigenvalue weighted by Gasteiger charge is 2.23. The zero-order valence-corrected chi connectivity index (χ0v) is 23.1. The van der Waals surface area contributed by atoms with E-state index < -0.39 is 0 Å². The summed E-state index contributed by atoms with van der Waals surface area (Å²) in [5, 5.41) is 6.69. The molecule has 0 fully saturated rings. The monoisotopic (exact) mass is 568 g/mol. The molecule has 202 valence electrons. The van der Waals surface area contributed by atoms with Gasteiger partial charge in [0.05, 0.1) is 41.7 Å². The molecule has 0 aliphatic rings. The molecule has 0 radical (unpaired) electrons. The standard InChI is InChI=1S/C27H26Cl2N6O4/c1-5-21(36)33-17-8-7-16(31-14-17)9-10-35-25-15(13-32-27(34-25)30-6-2)11-18(26(35)37)22-23(28)19(38-3)12-20(39-4)24(22)29/h5,7-8,11-14H,1,6,9-10H2,2-4H3,(H,33,36)(H,30,32,34). The molecule has 0 spiro atoms. The van der Waals surface area contributed by atoms with Crippen LogP contribution >= 0.6 is 23.2 Å². The number of hydrogen-bond donors (Lipinski definition) is 2. The minimum absolute atomic E-state index is 0.176. The van der Waals surface area contributed by atoms with Crippen LogP contribution in [0.5, 0.6) is 11.5 Å². The summed E-state index contributed by atoms with van der Waals surface area (Å²) in [6, 6.07) is 6.72. The van der Waals surface area contributed by atoms with Crippen LogP contribution in [0.3, 0.4) is 0 Å². The Bertz CT molecular complexity index is 1580. The van der Waals surface area contributed by atoms with E-state index in [1.165, 1.54) is 20.3 Å². The number of carbonyl (C=O) groups excluding carboxylic acids is 1. The SMILES string of the molecule is C=CC(=O)Nc1ccc(CCn2c(=O)c(-c3c(Cl)c(OC)cc(OC)c3Cl)cc3cnc(NCC)nc32)nc1. The first-order valence-electron chi connectivity index (χ1n) is 11.9. The summed E-state index contributed by atoms with van der Waals surface area (Å²) in [4.78, 5) is 38.9. The molecule has 4 aromatic rings. The van der Waals surface area contributed by atoms with Crippen molar-refractivity contribution in [2.24, 2.45) is 0 Å². The van der Waals surface area contributed by atoms with Crippen molar-refractivity contribution in [3.05, 3.63) is 75.4 Å². The van der Waals surface area contributed by atoms with Gasteiger partial charge >= 0.3 is 0 Å². The summed E-state index contributed by atoms with van der Waals surface area (Å²) in [7, 11) is 2.93. The molecule has 39 heavy (non-hydrogen) atoms. The first-order valence-corrected chi connectivity index (χ1v) is 12.7. The smallest absolute Gasteiger partial charge is 0.260 e. The van der Waals surface area contributed by atoms with Crippen LogP contribution in [0.15, 0.2) is 54.1 Å². The zero-order valence-electron chi connectivity index (χ0n) is 21.5. The lowest BCUT2D eigenvalue weighted by molar-refractivity contribution is -0.111. The first kappa shape index (κ1) is 27.9. The van der Waals surface area contributed by atoms with Crippen molar-refractivity contribution in [1.82, 2.24) is 19.5 Å². The summed E-state index contributed by atoms with van der Waals surface area (Å²) in [6.07, 6.45) is 4.76. The van der Waals surface area contributed by atoms with Crippen molar-refractivity contribution in [2.75, 3.05) is 31.4 Å². The van der Waals surface area contributed by atoms with Crippen molar-refractivity contribution in [2.45, 2.75) is 19.9 Å². The number of pyridine rings is 2. The molecule has 0 aliphatic carbocycles. The number of aromatic nitrogens is 4. The Balaban J connectivity index is 1.84. The average Bonchev–Trinajstić information content (AvgIpc) is 2.94. The molecule has 0 aliphatic heterocycles. The van der Waals surface area contributed by atoms with Crippen molar-refractivity contribution in [3.8, 4) is 22.6 Å². The minimum Gasteiger partial charge on any atom is -0.495 e. The first-order chi connectivity index (χ1) is 18.8. The Morgan fingerprint density at radius 2 is 1.82 bits per heavy atom. The molecule has 2 N–H and O–H groups in total. The van der Waals surface area contributed by atoms with Crippen molar-refractivity contribution < 1.29 is 14.3 Å². The summed E-state index contributed by atoms with van der Waals surface area (Å²) in [5.74, 6) is 0.684. The van der Waals surface area contributed by atoms with E-state index in [2.05, 4.69) is 32.2 Å². The number of anilines is 2. The van der Waals surface area contributed by atoms with Gasteiger partial charge in [-0.25, -0.2) is 4.98 Å². The third kappa shape index (κ3) is 5.81. The molecule has 4 rings (SSSR count). The lowest BCUT2D eigenvalue weighted by Crippen LogP contribution is -2.25. The molecule has 0 bridgehead atoms. The Morgan fingerprint density at radius 1 is 1.10 bits per heavy atom. The van der Waals surface area contributed by atoms with E-state index in [0.29, 0.717) is 52.8 Å². The van der Waals surface area contributed by atoms with E-state index in [0.717, 1.165) is 0 Å².